The van der Waals surface area contributed by atoms with Crippen LogP contribution in [0.5, 0.6) is 0 Å². The molecule has 0 aromatic carbocycles. The average Bonchev–Trinajstić information content (AvgIpc) is 3.04. The molecule has 1 aliphatic heterocycles. The minimum absolute atomic E-state index is 0.112. The molecule has 0 bridgehead atoms. The second-order valence-corrected chi connectivity index (χ2v) is 7.24. The van der Waals surface area contributed by atoms with Crippen molar-refractivity contribution >= 4 is 23.6 Å². The number of hydrogen-bond acceptors (Lipinski definition) is 3. The largest absolute Gasteiger partial charge is 0.345 e. The van der Waals surface area contributed by atoms with Crippen LogP contribution in [0, 0.1) is 5.41 Å². The monoisotopic (exact) mass is 298 g/mol. The molecule has 5 heteroatoms. The summed E-state index contributed by atoms with van der Waals surface area (Å²) in [6.07, 6.45) is 9.06. The van der Waals surface area contributed by atoms with Crippen LogP contribution in [0.4, 0.5) is 0 Å². The maximum atomic E-state index is 12.6. The zero-order chi connectivity index (χ0) is 14.6. The molecule has 1 heterocycles. The van der Waals surface area contributed by atoms with Crippen LogP contribution in [0.25, 0.3) is 0 Å². The third-order valence-electron chi connectivity index (χ3n) is 4.70. The molecular weight excluding hydrogens is 272 g/mol. The molecule has 114 valence electrons. The van der Waals surface area contributed by atoms with E-state index in [1.807, 2.05) is 11.2 Å². The standard InChI is InChI=1S/C15H26N2O2S/c1-12(18)16-13(5-10-20-2)14(19)17-9-8-15(11-17)6-3-4-7-15/h13H,3-11H2,1-2H3,(H,16,18)/t13-/m0/s1. The number of rotatable bonds is 5. The quantitative estimate of drug-likeness (QED) is 0.845. The molecule has 0 aromatic rings. The Kier molecular flexibility index (Phi) is 5.35. The summed E-state index contributed by atoms with van der Waals surface area (Å²) in [5.74, 6) is 0.910. The first kappa shape index (κ1) is 15.7. The van der Waals surface area contributed by atoms with Crippen molar-refractivity contribution in [3.05, 3.63) is 0 Å². The third kappa shape index (κ3) is 3.68. The van der Waals surface area contributed by atoms with Gasteiger partial charge < -0.3 is 10.2 Å². The van der Waals surface area contributed by atoms with E-state index in [1.54, 1.807) is 11.8 Å². The summed E-state index contributed by atoms with van der Waals surface area (Å²) in [5.41, 5.74) is 0.399. The minimum Gasteiger partial charge on any atom is -0.345 e. The van der Waals surface area contributed by atoms with Crippen molar-refractivity contribution in [1.29, 1.82) is 0 Å². The Morgan fingerprint density at radius 3 is 2.60 bits per heavy atom. The maximum absolute atomic E-state index is 12.6. The molecule has 0 radical (unpaired) electrons. The molecular formula is C15H26N2O2S. The Morgan fingerprint density at radius 2 is 2.00 bits per heavy atom. The van der Waals surface area contributed by atoms with Crippen molar-refractivity contribution in [2.75, 3.05) is 25.1 Å². The fourth-order valence-electron chi connectivity index (χ4n) is 3.62. The van der Waals surface area contributed by atoms with Gasteiger partial charge >= 0.3 is 0 Å². The summed E-state index contributed by atoms with van der Waals surface area (Å²) in [4.78, 5) is 25.9. The second kappa shape index (κ2) is 6.83. The van der Waals surface area contributed by atoms with Gasteiger partial charge in [-0.05, 0) is 43.1 Å². The summed E-state index contributed by atoms with van der Waals surface area (Å²) < 4.78 is 0. The van der Waals surface area contributed by atoms with E-state index in [2.05, 4.69) is 5.32 Å². The Labute approximate surface area is 126 Å². The van der Waals surface area contributed by atoms with E-state index in [1.165, 1.54) is 32.6 Å². The first-order chi connectivity index (χ1) is 9.56. The van der Waals surface area contributed by atoms with Crippen LogP contribution >= 0.6 is 11.8 Å². The van der Waals surface area contributed by atoms with E-state index < -0.39 is 0 Å². The number of nitrogens with one attached hydrogen (secondary N) is 1. The number of likely N-dealkylation sites (tertiary alicyclic amines) is 1. The van der Waals surface area contributed by atoms with Crippen molar-refractivity contribution in [1.82, 2.24) is 10.2 Å². The smallest absolute Gasteiger partial charge is 0.245 e. The highest BCUT2D eigenvalue weighted by atomic mass is 32.2. The summed E-state index contributed by atoms with van der Waals surface area (Å²) >= 11 is 1.71. The highest BCUT2D eigenvalue weighted by Gasteiger charge is 2.42. The normalized spacial score (nSPS) is 22.2. The Bertz CT molecular complexity index is 367. The van der Waals surface area contributed by atoms with Gasteiger partial charge in [0.15, 0.2) is 0 Å². The van der Waals surface area contributed by atoms with Gasteiger partial charge in [0.05, 0.1) is 0 Å². The van der Waals surface area contributed by atoms with Crippen LogP contribution in [0.2, 0.25) is 0 Å². The molecule has 0 aromatic heterocycles. The SMILES string of the molecule is CSCC[C@H](NC(C)=O)C(=O)N1CCC2(CCCC2)C1. The van der Waals surface area contributed by atoms with Gasteiger partial charge in [0.2, 0.25) is 11.8 Å². The molecule has 1 aliphatic carbocycles. The van der Waals surface area contributed by atoms with E-state index in [4.69, 9.17) is 0 Å². The van der Waals surface area contributed by atoms with E-state index >= 15 is 0 Å². The maximum Gasteiger partial charge on any atom is 0.245 e. The van der Waals surface area contributed by atoms with E-state index in [9.17, 15) is 9.59 Å². The fourth-order valence-corrected chi connectivity index (χ4v) is 4.09. The van der Waals surface area contributed by atoms with Gasteiger partial charge in [0.25, 0.3) is 0 Å². The predicted molar refractivity (Wildman–Crippen MR) is 82.7 cm³/mol. The molecule has 2 rings (SSSR count). The van der Waals surface area contributed by atoms with E-state index in [-0.39, 0.29) is 17.9 Å². The van der Waals surface area contributed by atoms with Gasteiger partial charge in [0, 0.05) is 20.0 Å². The first-order valence-electron chi connectivity index (χ1n) is 7.61. The van der Waals surface area contributed by atoms with Crippen LogP contribution in [0.1, 0.15) is 45.4 Å². The van der Waals surface area contributed by atoms with Crippen LogP contribution in [-0.2, 0) is 9.59 Å². The molecule has 2 amide bonds. The van der Waals surface area contributed by atoms with Gasteiger partial charge in [-0.3, -0.25) is 9.59 Å². The molecule has 1 atom stereocenters. The van der Waals surface area contributed by atoms with E-state index in [0.29, 0.717) is 5.41 Å². The molecule has 1 saturated carbocycles. The van der Waals surface area contributed by atoms with Gasteiger partial charge in [-0.15, -0.1) is 0 Å². The number of hydrogen-bond donors (Lipinski definition) is 1. The minimum atomic E-state index is -0.337. The molecule has 4 nitrogen and oxygen atoms in total. The van der Waals surface area contributed by atoms with Gasteiger partial charge in [-0.25, -0.2) is 0 Å². The lowest BCUT2D eigenvalue weighted by Crippen LogP contribution is -2.48. The predicted octanol–water partition coefficient (Wildman–Crippen LogP) is 2.04. The van der Waals surface area contributed by atoms with Crippen LogP contribution < -0.4 is 5.32 Å². The van der Waals surface area contributed by atoms with Crippen molar-refractivity contribution in [3.8, 4) is 0 Å². The summed E-state index contributed by atoms with van der Waals surface area (Å²) in [6, 6.07) is -0.337. The molecule has 20 heavy (non-hydrogen) atoms. The summed E-state index contributed by atoms with van der Waals surface area (Å²) in [6.45, 7) is 3.26. The molecule has 0 unspecified atom stereocenters. The van der Waals surface area contributed by atoms with Gasteiger partial charge in [-0.1, -0.05) is 12.8 Å². The van der Waals surface area contributed by atoms with Crippen molar-refractivity contribution in [3.63, 3.8) is 0 Å². The Hall–Kier alpha value is -0.710. The molecule has 2 aliphatic rings. The highest BCUT2D eigenvalue weighted by molar-refractivity contribution is 7.98. The lowest BCUT2D eigenvalue weighted by atomic mass is 9.86. The van der Waals surface area contributed by atoms with Gasteiger partial charge in [0.1, 0.15) is 6.04 Å². The molecule has 1 N–H and O–H groups in total. The lowest BCUT2D eigenvalue weighted by molar-refractivity contribution is -0.135. The fraction of sp³-hybridized carbons (Fsp3) is 0.867. The van der Waals surface area contributed by atoms with Crippen LogP contribution in [0.15, 0.2) is 0 Å². The molecule has 1 saturated heterocycles. The van der Waals surface area contributed by atoms with Gasteiger partial charge in [-0.2, -0.15) is 11.8 Å². The zero-order valence-electron chi connectivity index (χ0n) is 12.6. The second-order valence-electron chi connectivity index (χ2n) is 6.25. The van der Waals surface area contributed by atoms with E-state index in [0.717, 1.165) is 31.7 Å². The molecule has 2 fully saturated rings. The number of carbonyl (C=O) groups excluding carboxylic acids is 2. The lowest BCUT2D eigenvalue weighted by Gasteiger charge is -2.26. The zero-order valence-corrected chi connectivity index (χ0v) is 13.4. The topological polar surface area (TPSA) is 49.4 Å². The summed E-state index contributed by atoms with van der Waals surface area (Å²) in [5, 5.41) is 2.83. The Balaban J connectivity index is 1.94. The van der Waals surface area contributed by atoms with Crippen LogP contribution in [-0.4, -0.2) is 47.9 Å². The highest BCUT2D eigenvalue weighted by Crippen LogP contribution is 2.45. The first-order valence-corrected chi connectivity index (χ1v) is 9.00. The average molecular weight is 298 g/mol. The van der Waals surface area contributed by atoms with Crippen molar-refractivity contribution in [2.24, 2.45) is 5.41 Å². The summed E-state index contributed by atoms with van der Waals surface area (Å²) in [7, 11) is 0. The molecule has 1 spiro atoms. The number of thioether (sulfide) groups is 1. The Morgan fingerprint density at radius 1 is 1.30 bits per heavy atom. The number of amides is 2. The number of carbonyl (C=O) groups is 2. The van der Waals surface area contributed by atoms with Crippen molar-refractivity contribution < 1.29 is 9.59 Å². The third-order valence-corrected chi connectivity index (χ3v) is 5.34. The van der Waals surface area contributed by atoms with Crippen LogP contribution in [0.3, 0.4) is 0 Å². The van der Waals surface area contributed by atoms with Crippen molar-refractivity contribution in [2.45, 2.75) is 51.5 Å². The number of nitrogens with zero attached hydrogens (tertiary/aromatic N) is 1.